The van der Waals surface area contributed by atoms with Crippen molar-refractivity contribution in [2.45, 2.75) is 23.8 Å². The fourth-order valence-electron chi connectivity index (χ4n) is 3.02. The number of nitrogens with zero attached hydrogens (tertiary/aromatic N) is 1. The largest absolute Gasteiger partial charge is 0.354 e. The second kappa shape index (κ2) is 8.81. The molecule has 3 N–H and O–H groups in total. The van der Waals surface area contributed by atoms with Gasteiger partial charge in [-0.3, -0.25) is 9.59 Å². The minimum Gasteiger partial charge on any atom is -0.354 e. The number of piperazine rings is 1. The Morgan fingerprint density at radius 2 is 2.12 bits per heavy atom. The molecular weight excluding hydrogens is 380 g/mol. The molecule has 2 aliphatic heterocycles. The molecule has 2 aliphatic rings. The fourth-order valence-corrected chi connectivity index (χ4v) is 4.46. The Bertz CT molecular complexity index is 765. The molecule has 2 heterocycles. The van der Waals surface area contributed by atoms with Crippen LogP contribution in [0.2, 0.25) is 0 Å². The van der Waals surface area contributed by atoms with Crippen LogP contribution < -0.4 is 16.0 Å². The number of carbonyl (C=O) groups excluding carboxylic acids is 2. The lowest BCUT2D eigenvalue weighted by atomic mass is 10.2. The molecule has 26 heavy (non-hydrogen) atoms. The molecule has 1 aromatic carbocycles. The van der Waals surface area contributed by atoms with E-state index in [1.807, 2.05) is 0 Å². The number of hydrogen-bond acceptors (Lipinski definition) is 5. The smallest absolute Gasteiger partial charge is 0.251 e. The number of rotatable bonds is 5. The van der Waals surface area contributed by atoms with Crippen LogP contribution in [-0.4, -0.2) is 63.3 Å². The molecule has 0 aromatic heterocycles. The van der Waals surface area contributed by atoms with Gasteiger partial charge in [-0.2, -0.15) is 4.31 Å². The third-order valence-electron chi connectivity index (χ3n) is 4.41. The number of halogens is 1. The van der Waals surface area contributed by atoms with Gasteiger partial charge in [-0.25, -0.2) is 8.42 Å². The lowest BCUT2D eigenvalue weighted by Crippen LogP contribution is -2.49. The van der Waals surface area contributed by atoms with Crippen molar-refractivity contribution in [2.75, 3.05) is 32.7 Å². The van der Waals surface area contributed by atoms with Gasteiger partial charge in [0.25, 0.3) is 5.91 Å². The third-order valence-corrected chi connectivity index (χ3v) is 6.25. The van der Waals surface area contributed by atoms with Crippen molar-refractivity contribution in [1.82, 2.24) is 20.3 Å². The minimum atomic E-state index is -3.80. The van der Waals surface area contributed by atoms with E-state index >= 15 is 0 Å². The summed E-state index contributed by atoms with van der Waals surface area (Å²) in [6.45, 7) is 1.77. The highest BCUT2D eigenvalue weighted by Crippen LogP contribution is 2.18. The van der Waals surface area contributed by atoms with Crippen molar-refractivity contribution < 1.29 is 18.0 Å². The molecule has 8 nitrogen and oxygen atoms in total. The van der Waals surface area contributed by atoms with E-state index in [4.69, 9.17) is 0 Å². The van der Waals surface area contributed by atoms with Gasteiger partial charge in [0.1, 0.15) is 0 Å². The quantitative estimate of drug-likeness (QED) is 0.627. The molecule has 10 heteroatoms. The maximum atomic E-state index is 12.7. The molecule has 0 radical (unpaired) electrons. The van der Waals surface area contributed by atoms with Crippen LogP contribution in [0.15, 0.2) is 29.2 Å². The van der Waals surface area contributed by atoms with Gasteiger partial charge in [-0.15, -0.1) is 12.4 Å². The summed E-state index contributed by atoms with van der Waals surface area (Å²) in [4.78, 5) is 23.8. The fraction of sp³-hybridized carbons (Fsp3) is 0.500. The zero-order chi connectivity index (χ0) is 17.9. The van der Waals surface area contributed by atoms with E-state index in [0.717, 1.165) is 23.7 Å². The van der Waals surface area contributed by atoms with Crippen LogP contribution >= 0.6 is 12.4 Å². The SMILES string of the molecule is Cl.O=C1CN(S(=O)(=O)c2cccc(C(=O)NCC3CCCN3)c2)CCN1. The first-order valence-electron chi connectivity index (χ1n) is 8.35. The van der Waals surface area contributed by atoms with E-state index in [9.17, 15) is 18.0 Å². The van der Waals surface area contributed by atoms with Crippen molar-refractivity contribution in [3.05, 3.63) is 29.8 Å². The molecule has 1 atom stereocenters. The lowest BCUT2D eigenvalue weighted by molar-refractivity contribution is -0.122. The number of sulfonamides is 1. The van der Waals surface area contributed by atoms with Crippen molar-refractivity contribution >= 4 is 34.2 Å². The summed E-state index contributed by atoms with van der Waals surface area (Å²) in [7, 11) is -3.80. The van der Waals surface area contributed by atoms with Crippen LogP contribution in [-0.2, 0) is 14.8 Å². The predicted molar refractivity (Wildman–Crippen MR) is 98.8 cm³/mol. The van der Waals surface area contributed by atoms with E-state index in [1.54, 1.807) is 12.1 Å². The molecule has 2 saturated heterocycles. The van der Waals surface area contributed by atoms with E-state index < -0.39 is 10.0 Å². The summed E-state index contributed by atoms with van der Waals surface area (Å²) >= 11 is 0. The van der Waals surface area contributed by atoms with Gasteiger partial charge >= 0.3 is 0 Å². The topological polar surface area (TPSA) is 108 Å². The van der Waals surface area contributed by atoms with Gasteiger partial charge in [-0.1, -0.05) is 6.07 Å². The molecule has 3 rings (SSSR count). The maximum Gasteiger partial charge on any atom is 0.251 e. The molecule has 144 valence electrons. The molecule has 0 aliphatic carbocycles. The molecule has 0 bridgehead atoms. The summed E-state index contributed by atoms with van der Waals surface area (Å²) in [6.07, 6.45) is 2.11. The minimum absolute atomic E-state index is 0. The Kier molecular flexibility index (Phi) is 6.99. The first-order chi connectivity index (χ1) is 12.0. The van der Waals surface area contributed by atoms with Gasteiger partial charge in [0.2, 0.25) is 15.9 Å². The number of hydrogen-bond donors (Lipinski definition) is 3. The van der Waals surface area contributed by atoms with Crippen molar-refractivity contribution in [3.8, 4) is 0 Å². The Labute approximate surface area is 159 Å². The Morgan fingerprint density at radius 3 is 2.81 bits per heavy atom. The summed E-state index contributed by atoms with van der Waals surface area (Å²) in [5, 5.41) is 8.72. The van der Waals surface area contributed by atoms with Crippen molar-refractivity contribution in [2.24, 2.45) is 0 Å². The predicted octanol–water partition coefficient (Wildman–Crippen LogP) is -0.289. The zero-order valence-corrected chi connectivity index (χ0v) is 15.9. The average molecular weight is 403 g/mol. The number of benzene rings is 1. The molecule has 0 saturated carbocycles. The number of nitrogens with one attached hydrogen (secondary N) is 3. The molecule has 2 fully saturated rings. The second-order valence-electron chi connectivity index (χ2n) is 6.22. The highest BCUT2D eigenvalue weighted by atomic mass is 35.5. The van der Waals surface area contributed by atoms with Crippen LogP contribution in [0.25, 0.3) is 0 Å². The second-order valence-corrected chi connectivity index (χ2v) is 8.16. The molecule has 1 aromatic rings. The van der Waals surface area contributed by atoms with Crippen LogP contribution in [0.4, 0.5) is 0 Å². The monoisotopic (exact) mass is 402 g/mol. The van der Waals surface area contributed by atoms with Gasteiger partial charge < -0.3 is 16.0 Å². The summed E-state index contributed by atoms with van der Waals surface area (Å²) in [5.41, 5.74) is 0.292. The first kappa shape index (κ1) is 20.6. The Morgan fingerprint density at radius 1 is 1.31 bits per heavy atom. The number of carbonyl (C=O) groups is 2. The van der Waals surface area contributed by atoms with Crippen molar-refractivity contribution in [1.29, 1.82) is 0 Å². The molecular formula is C16H23ClN4O4S. The highest BCUT2D eigenvalue weighted by molar-refractivity contribution is 7.89. The summed E-state index contributed by atoms with van der Waals surface area (Å²) < 4.78 is 26.5. The van der Waals surface area contributed by atoms with E-state index in [0.29, 0.717) is 12.1 Å². The van der Waals surface area contributed by atoms with E-state index in [2.05, 4.69) is 16.0 Å². The Balaban J connectivity index is 0.00000243. The summed E-state index contributed by atoms with van der Waals surface area (Å²) in [6, 6.07) is 6.19. The summed E-state index contributed by atoms with van der Waals surface area (Å²) in [5.74, 6) is -0.630. The Hall–Kier alpha value is -1.68. The van der Waals surface area contributed by atoms with Crippen LogP contribution in [0.1, 0.15) is 23.2 Å². The zero-order valence-electron chi connectivity index (χ0n) is 14.2. The lowest BCUT2D eigenvalue weighted by Gasteiger charge is -2.26. The maximum absolute atomic E-state index is 12.7. The molecule has 2 amide bonds. The average Bonchev–Trinajstić information content (AvgIpc) is 3.13. The van der Waals surface area contributed by atoms with E-state index in [1.165, 1.54) is 12.1 Å². The molecule has 0 spiro atoms. The van der Waals surface area contributed by atoms with Crippen LogP contribution in [0, 0.1) is 0 Å². The van der Waals surface area contributed by atoms with Gasteiger partial charge in [-0.05, 0) is 37.6 Å². The van der Waals surface area contributed by atoms with Gasteiger partial charge in [0, 0.05) is 31.2 Å². The third kappa shape index (κ3) is 4.73. The van der Waals surface area contributed by atoms with Crippen LogP contribution in [0.3, 0.4) is 0 Å². The van der Waals surface area contributed by atoms with Gasteiger partial charge in [0.05, 0.1) is 11.4 Å². The normalized spacial score (nSPS) is 20.9. The molecule has 1 unspecified atom stereocenters. The standard InChI is InChI=1S/C16H22N4O4S.ClH/c21-15-11-20(8-7-18-15)25(23,24)14-5-1-3-12(9-14)16(22)19-10-13-4-2-6-17-13;/h1,3,5,9,13,17H,2,4,6-8,10-11H2,(H,18,21)(H,19,22);1H. The van der Waals surface area contributed by atoms with Crippen LogP contribution in [0.5, 0.6) is 0 Å². The first-order valence-corrected chi connectivity index (χ1v) is 9.79. The van der Waals surface area contributed by atoms with Crippen molar-refractivity contribution in [3.63, 3.8) is 0 Å². The van der Waals surface area contributed by atoms with E-state index in [-0.39, 0.29) is 54.8 Å². The highest BCUT2D eigenvalue weighted by Gasteiger charge is 2.29. The number of amides is 2. The van der Waals surface area contributed by atoms with Gasteiger partial charge in [0.15, 0.2) is 0 Å².